The van der Waals surface area contributed by atoms with Gasteiger partial charge in [-0.1, -0.05) is 6.07 Å². The Kier molecular flexibility index (Phi) is 4.56. The summed E-state index contributed by atoms with van der Waals surface area (Å²) in [6, 6.07) is 7.80. The molecule has 0 saturated carbocycles. The van der Waals surface area contributed by atoms with Crippen LogP contribution in [0.4, 0.5) is 11.6 Å². The predicted molar refractivity (Wildman–Crippen MR) is 107 cm³/mol. The van der Waals surface area contributed by atoms with Crippen molar-refractivity contribution in [1.82, 2.24) is 19.9 Å². The molecule has 0 unspecified atom stereocenters. The van der Waals surface area contributed by atoms with Gasteiger partial charge in [0.2, 0.25) is 0 Å². The van der Waals surface area contributed by atoms with Crippen LogP contribution in [0, 0.1) is 0 Å². The fraction of sp³-hybridized carbons (Fsp3) is 0.389. The van der Waals surface area contributed by atoms with Gasteiger partial charge in [-0.25, -0.2) is 19.2 Å². The van der Waals surface area contributed by atoms with Gasteiger partial charge in [0, 0.05) is 40.4 Å². The first-order valence-corrected chi connectivity index (χ1v) is 11.1. The van der Waals surface area contributed by atoms with Gasteiger partial charge >= 0.3 is 0 Å². The summed E-state index contributed by atoms with van der Waals surface area (Å²) in [4.78, 5) is 19.0. The highest BCUT2D eigenvalue weighted by Crippen LogP contribution is 2.29. The van der Waals surface area contributed by atoms with Crippen LogP contribution in [0.2, 0.25) is 0 Å². The molecule has 1 aromatic carbocycles. The molecule has 1 aliphatic heterocycles. The first-order chi connectivity index (χ1) is 12.9. The number of hydrogen-bond donors (Lipinski definition) is 1. The molecule has 2 aromatic heterocycles. The number of hydrogen-bond acceptors (Lipinski definition) is 7. The van der Waals surface area contributed by atoms with Gasteiger partial charge < -0.3 is 14.6 Å². The number of fused-ring (bicyclic) bond motifs is 1. The molecule has 1 fully saturated rings. The Morgan fingerprint density at radius 3 is 2.96 bits per heavy atom. The second-order valence-corrected chi connectivity index (χ2v) is 9.45. The molecular weight excluding hydrogens is 364 g/mol. The number of aromatic amines is 1. The molecule has 0 radical (unpaired) electrons. The fourth-order valence-corrected chi connectivity index (χ4v) is 3.72. The quantitative estimate of drug-likeness (QED) is 0.743. The van der Waals surface area contributed by atoms with E-state index in [4.69, 9.17) is 9.72 Å². The predicted octanol–water partition coefficient (Wildman–Crippen LogP) is 2.60. The smallest absolute Gasteiger partial charge is 0.167 e. The summed E-state index contributed by atoms with van der Waals surface area (Å²) in [7, 11) is -2.35. The van der Waals surface area contributed by atoms with Crippen molar-refractivity contribution in [2.45, 2.75) is 13.0 Å². The molecule has 0 amide bonds. The van der Waals surface area contributed by atoms with E-state index in [0.29, 0.717) is 24.9 Å². The summed E-state index contributed by atoms with van der Waals surface area (Å²) in [5.41, 5.74) is 2.52. The van der Waals surface area contributed by atoms with Crippen LogP contribution >= 0.6 is 0 Å². The van der Waals surface area contributed by atoms with E-state index in [2.05, 4.69) is 31.1 Å². The summed E-state index contributed by atoms with van der Waals surface area (Å²) >= 11 is 0. The fourth-order valence-electron chi connectivity index (χ4n) is 3.17. The largest absolute Gasteiger partial charge is 0.377 e. The highest BCUT2D eigenvalue weighted by atomic mass is 32.2. The number of nitrogens with zero attached hydrogens (tertiary/aromatic N) is 5. The van der Waals surface area contributed by atoms with Crippen LogP contribution in [0.3, 0.4) is 0 Å². The summed E-state index contributed by atoms with van der Waals surface area (Å²) < 4.78 is 22.1. The lowest BCUT2D eigenvalue weighted by Gasteiger charge is -2.34. The number of aromatic nitrogens is 4. The average molecular weight is 386 g/mol. The molecule has 142 valence electrons. The summed E-state index contributed by atoms with van der Waals surface area (Å²) in [5.74, 6) is 1.69. The van der Waals surface area contributed by atoms with Gasteiger partial charge in [-0.3, -0.25) is 0 Å². The van der Waals surface area contributed by atoms with E-state index < -0.39 is 9.73 Å². The van der Waals surface area contributed by atoms with E-state index in [1.54, 1.807) is 24.9 Å². The van der Waals surface area contributed by atoms with E-state index in [-0.39, 0.29) is 6.04 Å². The Hall–Kier alpha value is -2.52. The van der Waals surface area contributed by atoms with Crippen LogP contribution in [-0.2, 0) is 14.5 Å². The van der Waals surface area contributed by atoms with Gasteiger partial charge in [0.25, 0.3) is 0 Å². The Bertz CT molecular complexity index is 1090. The highest BCUT2D eigenvalue weighted by Gasteiger charge is 2.22. The van der Waals surface area contributed by atoms with E-state index in [0.717, 1.165) is 29.0 Å². The van der Waals surface area contributed by atoms with Crippen LogP contribution in [0.15, 0.2) is 35.0 Å². The van der Waals surface area contributed by atoms with Crippen LogP contribution in [0.25, 0.3) is 22.4 Å². The van der Waals surface area contributed by atoms with Gasteiger partial charge in [0.05, 0.1) is 36.6 Å². The Balaban J connectivity index is 1.91. The molecule has 0 aliphatic carbocycles. The van der Waals surface area contributed by atoms with E-state index in [9.17, 15) is 4.21 Å². The number of rotatable bonds is 3. The first-order valence-electron chi connectivity index (χ1n) is 8.74. The topological polar surface area (TPSA) is 96.4 Å². The maximum absolute atomic E-state index is 12.2. The lowest BCUT2D eigenvalue weighted by Crippen LogP contribution is -2.44. The Labute approximate surface area is 158 Å². The van der Waals surface area contributed by atoms with E-state index >= 15 is 0 Å². The lowest BCUT2D eigenvalue weighted by molar-refractivity contribution is 0.0985. The van der Waals surface area contributed by atoms with Crippen molar-refractivity contribution in [3.05, 3.63) is 30.6 Å². The molecule has 9 heteroatoms. The SMILES string of the molecule is C[C@@H]1COCCN1c1cc(N=S(C)(C)=O)nc(-c2cccc3[nH]cnc23)n1. The van der Waals surface area contributed by atoms with Crippen molar-refractivity contribution < 1.29 is 8.95 Å². The number of nitrogens with one attached hydrogen (secondary N) is 1. The minimum Gasteiger partial charge on any atom is -0.377 e. The van der Waals surface area contributed by atoms with Crippen molar-refractivity contribution in [3.8, 4) is 11.4 Å². The van der Waals surface area contributed by atoms with Crippen molar-refractivity contribution in [2.24, 2.45) is 4.36 Å². The highest BCUT2D eigenvalue weighted by molar-refractivity contribution is 7.92. The summed E-state index contributed by atoms with van der Waals surface area (Å²) in [6.45, 7) is 4.11. The molecule has 8 nitrogen and oxygen atoms in total. The number of imidazole rings is 1. The number of anilines is 1. The molecular formula is C18H22N6O2S. The minimum atomic E-state index is -2.35. The Morgan fingerprint density at radius 2 is 2.19 bits per heavy atom. The molecule has 0 spiro atoms. The second-order valence-electron chi connectivity index (χ2n) is 6.90. The van der Waals surface area contributed by atoms with Crippen LogP contribution in [0.5, 0.6) is 0 Å². The molecule has 4 rings (SSSR count). The van der Waals surface area contributed by atoms with Gasteiger partial charge in [-0.05, 0) is 19.1 Å². The molecule has 1 saturated heterocycles. The van der Waals surface area contributed by atoms with E-state index in [1.807, 2.05) is 18.2 Å². The van der Waals surface area contributed by atoms with Crippen LogP contribution < -0.4 is 4.90 Å². The normalized spacial score (nSPS) is 18.0. The summed E-state index contributed by atoms with van der Waals surface area (Å²) in [6.07, 6.45) is 4.85. The van der Waals surface area contributed by atoms with Crippen LogP contribution in [-0.4, -0.2) is 62.5 Å². The number of para-hydroxylation sites is 1. The third-order valence-corrected chi connectivity index (χ3v) is 4.99. The minimum absolute atomic E-state index is 0.183. The monoisotopic (exact) mass is 386 g/mol. The maximum Gasteiger partial charge on any atom is 0.167 e. The van der Waals surface area contributed by atoms with Crippen LogP contribution in [0.1, 0.15) is 6.92 Å². The molecule has 3 aromatic rings. The molecule has 1 atom stereocenters. The zero-order valence-corrected chi connectivity index (χ0v) is 16.4. The van der Waals surface area contributed by atoms with Crippen molar-refractivity contribution in [1.29, 1.82) is 0 Å². The van der Waals surface area contributed by atoms with Crippen molar-refractivity contribution in [3.63, 3.8) is 0 Å². The second kappa shape index (κ2) is 6.90. The Morgan fingerprint density at radius 1 is 1.33 bits per heavy atom. The number of benzene rings is 1. The number of morpholine rings is 1. The zero-order chi connectivity index (χ0) is 19.0. The van der Waals surface area contributed by atoms with Gasteiger partial charge in [-0.15, -0.1) is 0 Å². The zero-order valence-electron chi connectivity index (χ0n) is 15.5. The third-order valence-electron chi connectivity index (χ3n) is 4.37. The first kappa shape index (κ1) is 17.9. The molecule has 27 heavy (non-hydrogen) atoms. The standard InChI is InChI=1S/C18H22N6O2S/c1-12-10-26-8-7-24(12)16-9-15(23-27(2,3)25)21-18(22-16)13-5-4-6-14-17(13)20-11-19-14/h4-6,9,11-12H,7-8,10H2,1-3H3,(H,19,20)/t12-/m1/s1. The molecule has 1 N–H and O–H groups in total. The number of H-pyrrole nitrogens is 1. The summed E-state index contributed by atoms with van der Waals surface area (Å²) in [5, 5.41) is 0. The van der Waals surface area contributed by atoms with Gasteiger partial charge in [0.15, 0.2) is 11.6 Å². The molecule has 1 aliphatic rings. The number of ether oxygens (including phenoxy) is 1. The van der Waals surface area contributed by atoms with Gasteiger partial charge in [-0.2, -0.15) is 4.36 Å². The van der Waals surface area contributed by atoms with Gasteiger partial charge in [0.1, 0.15) is 5.82 Å². The third kappa shape index (κ3) is 3.79. The van der Waals surface area contributed by atoms with Crippen molar-refractivity contribution >= 4 is 32.4 Å². The molecule has 0 bridgehead atoms. The van der Waals surface area contributed by atoms with Crippen molar-refractivity contribution in [2.75, 3.05) is 37.2 Å². The maximum atomic E-state index is 12.2. The van der Waals surface area contributed by atoms with E-state index in [1.165, 1.54) is 0 Å². The molecule has 3 heterocycles. The average Bonchev–Trinajstić information content (AvgIpc) is 3.09. The lowest BCUT2D eigenvalue weighted by atomic mass is 10.1.